The number of para-hydroxylation sites is 3. The summed E-state index contributed by atoms with van der Waals surface area (Å²) in [6.07, 6.45) is 0. The van der Waals surface area contributed by atoms with Crippen LogP contribution in [0.15, 0.2) is 174 Å². The van der Waals surface area contributed by atoms with Crippen LogP contribution in [0.4, 0.5) is 0 Å². The van der Waals surface area contributed by atoms with Crippen LogP contribution in [0.5, 0.6) is 0 Å². The maximum Gasteiger partial charge on any atom is 0.145 e. The lowest BCUT2D eigenvalue weighted by atomic mass is 9.96. The van der Waals surface area contributed by atoms with Crippen LogP contribution in [0.25, 0.3) is 83.4 Å². The van der Waals surface area contributed by atoms with Crippen molar-refractivity contribution in [1.82, 2.24) is 9.55 Å². The van der Waals surface area contributed by atoms with Gasteiger partial charge < -0.3 is 4.42 Å². The smallest absolute Gasteiger partial charge is 0.145 e. The van der Waals surface area contributed by atoms with E-state index in [1.807, 2.05) is 18.2 Å². The van der Waals surface area contributed by atoms with Gasteiger partial charge in [0.2, 0.25) is 0 Å². The third-order valence-corrected chi connectivity index (χ3v) is 8.82. The molecule has 0 amide bonds. The van der Waals surface area contributed by atoms with Crippen LogP contribution in [0, 0.1) is 0 Å². The van der Waals surface area contributed by atoms with Crippen molar-refractivity contribution in [1.29, 1.82) is 0 Å². The fourth-order valence-corrected chi connectivity index (χ4v) is 6.62. The highest BCUT2D eigenvalue weighted by Crippen LogP contribution is 2.43. The molecule has 0 aliphatic heterocycles. The van der Waals surface area contributed by atoms with Crippen molar-refractivity contribution in [2.45, 2.75) is 0 Å². The van der Waals surface area contributed by atoms with Crippen LogP contribution in [0.3, 0.4) is 0 Å². The van der Waals surface area contributed by atoms with Crippen LogP contribution >= 0.6 is 0 Å². The molecule has 0 spiro atoms. The third kappa shape index (κ3) is 4.33. The minimum absolute atomic E-state index is 0.899. The Morgan fingerprint density at radius 1 is 0.457 bits per heavy atom. The van der Waals surface area contributed by atoms with E-state index in [1.165, 1.54) is 0 Å². The average molecular weight is 589 g/mol. The molecule has 2 heterocycles. The minimum Gasteiger partial charge on any atom is -0.455 e. The van der Waals surface area contributed by atoms with E-state index in [-0.39, 0.29) is 0 Å². The molecule has 2 aromatic heterocycles. The zero-order valence-electron chi connectivity index (χ0n) is 25.0. The maximum absolute atomic E-state index is 6.73. The number of fused-ring (bicyclic) bond motifs is 4. The molecule has 3 nitrogen and oxygen atoms in total. The van der Waals surface area contributed by atoms with Gasteiger partial charge in [0.25, 0.3) is 0 Å². The topological polar surface area (TPSA) is 31.0 Å². The molecule has 9 rings (SSSR count). The Morgan fingerprint density at radius 3 is 1.83 bits per heavy atom. The zero-order valence-corrected chi connectivity index (χ0v) is 25.0. The highest BCUT2D eigenvalue weighted by atomic mass is 16.3. The molecule has 0 bridgehead atoms. The Labute approximate surface area is 266 Å². The van der Waals surface area contributed by atoms with Crippen molar-refractivity contribution in [2.24, 2.45) is 0 Å². The number of hydrogen-bond donors (Lipinski definition) is 0. The van der Waals surface area contributed by atoms with Crippen molar-refractivity contribution in [3.05, 3.63) is 170 Å². The van der Waals surface area contributed by atoms with E-state index in [4.69, 9.17) is 9.40 Å². The van der Waals surface area contributed by atoms with Gasteiger partial charge in [-0.25, -0.2) is 4.98 Å². The maximum atomic E-state index is 6.73. The highest BCUT2D eigenvalue weighted by molar-refractivity contribution is 6.13. The van der Waals surface area contributed by atoms with E-state index in [2.05, 4.69) is 156 Å². The number of rotatable bonds is 5. The van der Waals surface area contributed by atoms with Crippen molar-refractivity contribution in [2.75, 3.05) is 0 Å². The first-order valence-corrected chi connectivity index (χ1v) is 15.6. The zero-order chi connectivity index (χ0) is 30.5. The summed E-state index contributed by atoms with van der Waals surface area (Å²) in [6, 6.07) is 59.5. The summed E-state index contributed by atoms with van der Waals surface area (Å²) in [4.78, 5) is 5.04. The largest absolute Gasteiger partial charge is 0.455 e. The number of nitrogens with zero attached hydrogens (tertiary/aromatic N) is 2. The molecule has 0 unspecified atom stereocenters. The van der Waals surface area contributed by atoms with E-state index >= 15 is 0 Å². The molecule has 0 saturated carbocycles. The molecule has 0 aliphatic carbocycles. The first kappa shape index (κ1) is 26.2. The van der Waals surface area contributed by atoms with E-state index < -0.39 is 0 Å². The van der Waals surface area contributed by atoms with Crippen LogP contribution in [-0.4, -0.2) is 9.55 Å². The van der Waals surface area contributed by atoms with Gasteiger partial charge in [-0.2, -0.15) is 0 Å². The molecule has 0 atom stereocenters. The molecule has 0 radical (unpaired) electrons. The standard InChI is InChI=1S/C43H28N2O/c1-4-12-30(13-5-1)40-37-27-25-34-28-33(24-26-36(34)42(37)46-41(40)31-14-6-2-7-15-31)29-20-22-32(23-21-29)43-44-38-18-10-11-19-39(38)45(43)35-16-8-3-9-17-35/h1-28H. The lowest BCUT2D eigenvalue weighted by molar-refractivity contribution is 0.636. The molecule has 0 fully saturated rings. The number of benzene rings is 7. The van der Waals surface area contributed by atoms with Crippen LogP contribution < -0.4 is 0 Å². The first-order valence-electron chi connectivity index (χ1n) is 15.6. The lowest BCUT2D eigenvalue weighted by Gasteiger charge is -2.10. The highest BCUT2D eigenvalue weighted by Gasteiger charge is 2.20. The SMILES string of the molecule is c1ccc(-c2oc3c(ccc4cc(-c5ccc(-c6nc7ccccc7n6-c6ccccc6)cc5)ccc43)c2-c2ccccc2)cc1. The molecule has 7 aromatic carbocycles. The lowest BCUT2D eigenvalue weighted by Crippen LogP contribution is -1.97. The predicted molar refractivity (Wildman–Crippen MR) is 190 cm³/mol. The summed E-state index contributed by atoms with van der Waals surface area (Å²) < 4.78 is 8.97. The van der Waals surface area contributed by atoms with Crippen molar-refractivity contribution < 1.29 is 4.42 Å². The predicted octanol–water partition coefficient (Wildman–Crippen LogP) is 11.6. The Morgan fingerprint density at radius 2 is 1.07 bits per heavy atom. The van der Waals surface area contributed by atoms with Gasteiger partial charge in [0.05, 0.1) is 11.0 Å². The van der Waals surface area contributed by atoms with Crippen molar-refractivity contribution in [3.8, 4) is 50.7 Å². The number of furan rings is 1. The fraction of sp³-hybridized carbons (Fsp3) is 0. The van der Waals surface area contributed by atoms with Crippen LogP contribution in [0.1, 0.15) is 0 Å². The van der Waals surface area contributed by atoms with Crippen LogP contribution in [-0.2, 0) is 0 Å². The number of hydrogen-bond acceptors (Lipinski definition) is 2. The van der Waals surface area contributed by atoms with Gasteiger partial charge in [0.1, 0.15) is 17.2 Å². The molecule has 0 saturated heterocycles. The normalized spacial score (nSPS) is 11.5. The minimum atomic E-state index is 0.899. The first-order chi connectivity index (χ1) is 22.8. The fourth-order valence-electron chi connectivity index (χ4n) is 6.62. The molecular weight excluding hydrogens is 560 g/mol. The summed E-state index contributed by atoms with van der Waals surface area (Å²) in [7, 11) is 0. The van der Waals surface area contributed by atoms with E-state index in [1.54, 1.807) is 0 Å². The summed E-state index contributed by atoms with van der Waals surface area (Å²) in [5.74, 6) is 1.83. The van der Waals surface area contributed by atoms with Gasteiger partial charge in [0, 0.05) is 33.2 Å². The molecular formula is C43H28N2O. The molecule has 216 valence electrons. The molecule has 3 heteroatoms. The second-order valence-corrected chi connectivity index (χ2v) is 11.6. The summed E-state index contributed by atoms with van der Waals surface area (Å²) >= 11 is 0. The molecule has 0 aliphatic rings. The number of imidazole rings is 1. The van der Waals surface area contributed by atoms with Gasteiger partial charge in [-0.1, -0.05) is 127 Å². The Bertz CT molecular complexity index is 2490. The molecule has 0 N–H and O–H groups in total. The van der Waals surface area contributed by atoms with Gasteiger partial charge >= 0.3 is 0 Å². The quantitative estimate of drug-likeness (QED) is 0.200. The van der Waals surface area contributed by atoms with E-state index in [9.17, 15) is 0 Å². The van der Waals surface area contributed by atoms with Gasteiger partial charge in [0.15, 0.2) is 0 Å². The van der Waals surface area contributed by atoms with Gasteiger partial charge in [-0.3, -0.25) is 4.57 Å². The van der Waals surface area contributed by atoms with E-state index in [0.717, 1.165) is 83.4 Å². The van der Waals surface area contributed by atoms with E-state index in [0.29, 0.717) is 0 Å². The second kappa shape index (κ2) is 10.8. The molecule has 9 aromatic rings. The summed E-state index contributed by atoms with van der Waals surface area (Å²) in [5, 5.41) is 3.37. The van der Waals surface area contributed by atoms with Crippen molar-refractivity contribution in [3.63, 3.8) is 0 Å². The van der Waals surface area contributed by atoms with Crippen molar-refractivity contribution >= 4 is 32.8 Å². The van der Waals surface area contributed by atoms with Crippen LogP contribution in [0.2, 0.25) is 0 Å². The Kier molecular flexibility index (Phi) is 6.14. The average Bonchev–Trinajstić information content (AvgIpc) is 3.72. The summed E-state index contributed by atoms with van der Waals surface area (Å²) in [5.41, 5.74) is 10.8. The monoisotopic (exact) mass is 588 g/mol. The third-order valence-electron chi connectivity index (χ3n) is 8.82. The van der Waals surface area contributed by atoms with Gasteiger partial charge in [-0.05, 0) is 64.5 Å². The summed E-state index contributed by atoms with van der Waals surface area (Å²) in [6.45, 7) is 0. The Hall–Kier alpha value is -6.19. The Balaban J connectivity index is 1.13. The second-order valence-electron chi connectivity index (χ2n) is 11.6. The number of aromatic nitrogens is 2. The van der Waals surface area contributed by atoms with Gasteiger partial charge in [-0.15, -0.1) is 0 Å². The molecule has 46 heavy (non-hydrogen) atoms.